The molecule has 124 valence electrons. The molecule has 0 bridgehead atoms. The zero-order valence-electron chi connectivity index (χ0n) is 14.0. The first-order valence-electron chi connectivity index (χ1n) is 8.01. The number of amides is 2. The first-order chi connectivity index (χ1) is 11.0. The van der Waals surface area contributed by atoms with Gasteiger partial charge in [-0.2, -0.15) is 5.10 Å². The molecule has 2 aromatic rings. The van der Waals surface area contributed by atoms with Crippen LogP contribution in [0, 0.1) is 6.92 Å². The van der Waals surface area contributed by atoms with Gasteiger partial charge in [0.2, 0.25) is 0 Å². The average molecular weight is 333 g/mol. The van der Waals surface area contributed by atoms with Crippen LogP contribution in [0.4, 0.5) is 10.6 Å². The first kappa shape index (κ1) is 16.0. The van der Waals surface area contributed by atoms with E-state index in [9.17, 15) is 4.79 Å². The number of aryl methyl sites for hydroxylation is 2. The molecule has 1 atom stereocenters. The number of aromatic nitrogens is 3. The summed E-state index contributed by atoms with van der Waals surface area (Å²) in [7, 11) is 1.85. The highest BCUT2D eigenvalue weighted by atomic mass is 32.1. The molecule has 2 heterocycles. The van der Waals surface area contributed by atoms with Crippen molar-refractivity contribution in [2.24, 2.45) is 0 Å². The summed E-state index contributed by atoms with van der Waals surface area (Å²) in [6, 6.07) is 2.09. The Kier molecular flexibility index (Phi) is 4.39. The van der Waals surface area contributed by atoms with Gasteiger partial charge in [0.25, 0.3) is 0 Å². The minimum Gasteiger partial charge on any atom is -0.320 e. The second-order valence-corrected chi connectivity index (χ2v) is 7.50. The van der Waals surface area contributed by atoms with Crippen LogP contribution in [0.2, 0.25) is 0 Å². The van der Waals surface area contributed by atoms with Gasteiger partial charge in [-0.05, 0) is 40.0 Å². The molecule has 2 amide bonds. The number of urea groups is 1. The van der Waals surface area contributed by atoms with Crippen LogP contribution in [0.25, 0.3) is 0 Å². The monoisotopic (exact) mass is 333 g/mol. The molecule has 0 fully saturated rings. The number of carbonyl (C=O) groups is 1. The molecule has 1 aliphatic carbocycles. The standard InChI is InChI=1S/C16H23N5OS/c1-10(2)21-9-8-14(19-21)18-16(22)20(4)13-7-5-6-12-15(13)23-11(3)17-12/h8-10,13H,5-7H2,1-4H3,(H,18,19,22)/t13-/m1/s1. The minimum atomic E-state index is -0.122. The van der Waals surface area contributed by atoms with Crippen molar-refractivity contribution >= 4 is 23.2 Å². The number of carbonyl (C=O) groups excluding carboxylic acids is 1. The van der Waals surface area contributed by atoms with Crippen LogP contribution in [0.5, 0.6) is 0 Å². The van der Waals surface area contributed by atoms with E-state index in [2.05, 4.69) is 29.2 Å². The highest BCUT2D eigenvalue weighted by Gasteiger charge is 2.29. The van der Waals surface area contributed by atoms with Gasteiger partial charge in [-0.1, -0.05) is 0 Å². The Balaban J connectivity index is 1.72. The van der Waals surface area contributed by atoms with E-state index in [0.717, 1.165) is 30.0 Å². The van der Waals surface area contributed by atoms with Crippen LogP contribution in [-0.2, 0) is 6.42 Å². The summed E-state index contributed by atoms with van der Waals surface area (Å²) in [6.07, 6.45) is 4.95. The highest BCUT2D eigenvalue weighted by Crippen LogP contribution is 2.37. The number of anilines is 1. The Bertz CT molecular complexity index is 705. The zero-order chi connectivity index (χ0) is 16.6. The molecule has 0 saturated carbocycles. The number of hydrogen-bond donors (Lipinski definition) is 1. The van der Waals surface area contributed by atoms with Crippen molar-refractivity contribution in [2.45, 2.75) is 52.1 Å². The smallest absolute Gasteiger partial charge is 0.320 e. The summed E-state index contributed by atoms with van der Waals surface area (Å²) in [4.78, 5) is 20.2. The van der Waals surface area contributed by atoms with Crippen LogP contribution < -0.4 is 5.32 Å². The zero-order valence-corrected chi connectivity index (χ0v) is 14.9. The van der Waals surface area contributed by atoms with Gasteiger partial charge in [-0.15, -0.1) is 11.3 Å². The lowest BCUT2D eigenvalue weighted by atomic mass is 9.97. The number of hydrogen-bond acceptors (Lipinski definition) is 4. The second kappa shape index (κ2) is 6.31. The largest absolute Gasteiger partial charge is 0.323 e. The van der Waals surface area contributed by atoms with Gasteiger partial charge in [0.15, 0.2) is 5.82 Å². The lowest BCUT2D eigenvalue weighted by Crippen LogP contribution is -2.36. The second-order valence-electron chi connectivity index (χ2n) is 6.27. The summed E-state index contributed by atoms with van der Waals surface area (Å²) in [5, 5.41) is 8.34. The van der Waals surface area contributed by atoms with Gasteiger partial charge in [0, 0.05) is 25.4 Å². The molecule has 7 heteroatoms. The van der Waals surface area contributed by atoms with Crippen LogP contribution in [0.3, 0.4) is 0 Å². The molecule has 0 unspecified atom stereocenters. The van der Waals surface area contributed by atoms with Crippen LogP contribution in [-0.4, -0.2) is 32.7 Å². The molecule has 0 spiro atoms. The van der Waals surface area contributed by atoms with Gasteiger partial charge >= 0.3 is 6.03 Å². The maximum atomic E-state index is 12.6. The molecule has 2 aromatic heterocycles. The average Bonchev–Trinajstić information content (AvgIpc) is 3.11. The fourth-order valence-electron chi connectivity index (χ4n) is 2.92. The van der Waals surface area contributed by atoms with Crippen LogP contribution in [0.15, 0.2) is 12.3 Å². The van der Waals surface area contributed by atoms with Gasteiger partial charge in [0.1, 0.15) is 0 Å². The van der Waals surface area contributed by atoms with Crippen molar-refractivity contribution in [2.75, 3.05) is 12.4 Å². The summed E-state index contributed by atoms with van der Waals surface area (Å²) in [5.74, 6) is 0.590. The summed E-state index contributed by atoms with van der Waals surface area (Å²) >= 11 is 1.71. The molecule has 0 aromatic carbocycles. The molecule has 6 nitrogen and oxygen atoms in total. The molecule has 1 aliphatic rings. The van der Waals surface area contributed by atoms with Crippen molar-refractivity contribution in [1.29, 1.82) is 0 Å². The fourth-order valence-corrected chi connectivity index (χ4v) is 4.07. The topological polar surface area (TPSA) is 63.1 Å². The van der Waals surface area contributed by atoms with Gasteiger partial charge in [-0.25, -0.2) is 9.78 Å². The third-order valence-corrected chi connectivity index (χ3v) is 5.30. The van der Waals surface area contributed by atoms with E-state index in [1.165, 1.54) is 4.88 Å². The van der Waals surface area contributed by atoms with E-state index in [1.807, 2.05) is 30.9 Å². The van der Waals surface area contributed by atoms with Gasteiger partial charge < -0.3 is 4.90 Å². The first-order valence-corrected chi connectivity index (χ1v) is 8.82. The van der Waals surface area contributed by atoms with Crippen molar-refractivity contribution in [3.05, 3.63) is 27.8 Å². The number of thiazole rings is 1. The fraction of sp³-hybridized carbons (Fsp3) is 0.562. The maximum absolute atomic E-state index is 12.6. The lowest BCUT2D eigenvalue weighted by Gasteiger charge is -2.30. The van der Waals surface area contributed by atoms with E-state index in [4.69, 9.17) is 0 Å². The SMILES string of the molecule is Cc1nc2c(s1)[C@H](N(C)C(=O)Nc1ccn(C(C)C)n1)CCC2. The van der Waals surface area contributed by atoms with Gasteiger partial charge in [-0.3, -0.25) is 10.00 Å². The summed E-state index contributed by atoms with van der Waals surface area (Å²) < 4.78 is 1.83. The Morgan fingerprint density at radius 1 is 1.52 bits per heavy atom. The Morgan fingerprint density at radius 2 is 2.30 bits per heavy atom. The quantitative estimate of drug-likeness (QED) is 0.930. The van der Waals surface area contributed by atoms with Gasteiger partial charge in [0.05, 0.1) is 21.6 Å². The van der Waals surface area contributed by atoms with E-state index < -0.39 is 0 Å². The Hall–Kier alpha value is -1.89. The molecular weight excluding hydrogens is 310 g/mol. The minimum absolute atomic E-state index is 0.108. The molecule has 1 N–H and O–H groups in total. The molecule has 0 aliphatic heterocycles. The van der Waals surface area contributed by atoms with Crippen molar-refractivity contribution in [3.8, 4) is 0 Å². The Morgan fingerprint density at radius 3 is 3.00 bits per heavy atom. The van der Waals surface area contributed by atoms with E-state index in [-0.39, 0.29) is 18.1 Å². The van der Waals surface area contributed by atoms with Crippen molar-refractivity contribution in [1.82, 2.24) is 19.7 Å². The predicted octanol–water partition coefficient (Wildman–Crippen LogP) is 3.77. The molecule has 0 saturated heterocycles. The van der Waals surface area contributed by atoms with Crippen molar-refractivity contribution in [3.63, 3.8) is 0 Å². The molecule has 23 heavy (non-hydrogen) atoms. The van der Waals surface area contributed by atoms with Crippen LogP contribution >= 0.6 is 11.3 Å². The molecular formula is C16H23N5OS. The van der Waals surface area contributed by atoms with Crippen molar-refractivity contribution < 1.29 is 4.79 Å². The summed E-state index contributed by atoms with van der Waals surface area (Å²) in [6.45, 7) is 6.14. The third kappa shape index (κ3) is 3.24. The van der Waals surface area contributed by atoms with E-state index in [1.54, 1.807) is 16.2 Å². The van der Waals surface area contributed by atoms with E-state index >= 15 is 0 Å². The predicted molar refractivity (Wildman–Crippen MR) is 91.9 cm³/mol. The van der Waals surface area contributed by atoms with E-state index in [0.29, 0.717) is 5.82 Å². The normalized spacial score (nSPS) is 17.2. The van der Waals surface area contributed by atoms with Crippen LogP contribution in [0.1, 0.15) is 54.4 Å². The Labute approximate surface area is 140 Å². The molecule has 3 rings (SSSR count). The highest BCUT2D eigenvalue weighted by molar-refractivity contribution is 7.11. The summed E-state index contributed by atoms with van der Waals surface area (Å²) in [5.41, 5.74) is 1.16. The molecule has 0 radical (unpaired) electrons. The third-order valence-electron chi connectivity index (χ3n) is 4.19. The number of fused-ring (bicyclic) bond motifs is 1. The number of nitrogens with one attached hydrogen (secondary N) is 1. The number of nitrogens with zero attached hydrogens (tertiary/aromatic N) is 4. The number of rotatable bonds is 3. The lowest BCUT2D eigenvalue weighted by molar-refractivity contribution is 0.198. The maximum Gasteiger partial charge on any atom is 0.323 e.